The van der Waals surface area contributed by atoms with E-state index in [1.165, 1.54) is 6.42 Å². The average molecular weight is 263 g/mol. The van der Waals surface area contributed by atoms with Crippen LogP contribution >= 0.6 is 0 Å². The fourth-order valence-corrected chi connectivity index (χ4v) is 2.80. The summed E-state index contributed by atoms with van der Waals surface area (Å²) in [5.74, 6) is 1.65. The van der Waals surface area contributed by atoms with Gasteiger partial charge >= 0.3 is 0 Å². The molecule has 3 N–H and O–H groups in total. The van der Waals surface area contributed by atoms with Crippen LogP contribution in [0.2, 0.25) is 0 Å². The molecule has 1 aromatic heterocycles. The molecular weight excluding hydrogens is 242 g/mol. The lowest BCUT2D eigenvalue weighted by Crippen LogP contribution is -2.45. The lowest BCUT2D eigenvalue weighted by molar-refractivity contribution is 0.0592. The number of nitrogens with one attached hydrogen (secondary N) is 1. The van der Waals surface area contributed by atoms with Crippen LogP contribution in [0.15, 0.2) is 0 Å². The molecule has 104 valence electrons. The number of nitrogens with zero attached hydrogens (tertiary/aromatic N) is 3. The maximum atomic E-state index is 12.5. The van der Waals surface area contributed by atoms with Crippen LogP contribution in [0.3, 0.4) is 0 Å². The summed E-state index contributed by atoms with van der Waals surface area (Å²) < 4.78 is 0. The minimum atomic E-state index is -0.0405. The van der Waals surface area contributed by atoms with Crippen molar-refractivity contribution in [3.05, 3.63) is 11.6 Å². The van der Waals surface area contributed by atoms with E-state index in [0.717, 1.165) is 44.5 Å². The van der Waals surface area contributed by atoms with Crippen LogP contribution in [0, 0.1) is 0 Å². The molecule has 2 heterocycles. The van der Waals surface area contributed by atoms with Crippen LogP contribution in [0.1, 0.15) is 60.9 Å². The SMILES string of the molecule is NCCC1CCCCN1C(=O)c1n[nH]c(C2CC2)n1. The van der Waals surface area contributed by atoms with E-state index in [9.17, 15) is 4.79 Å². The molecule has 1 amide bonds. The molecule has 2 fully saturated rings. The molecule has 19 heavy (non-hydrogen) atoms. The van der Waals surface area contributed by atoms with E-state index >= 15 is 0 Å². The highest BCUT2D eigenvalue weighted by Crippen LogP contribution is 2.37. The molecule has 6 nitrogen and oxygen atoms in total. The van der Waals surface area contributed by atoms with E-state index in [1.807, 2.05) is 4.90 Å². The monoisotopic (exact) mass is 263 g/mol. The number of likely N-dealkylation sites (tertiary alicyclic amines) is 1. The van der Waals surface area contributed by atoms with Gasteiger partial charge in [0, 0.05) is 18.5 Å². The van der Waals surface area contributed by atoms with Crippen molar-refractivity contribution in [1.82, 2.24) is 20.1 Å². The zero-order valence-electron chi connectivity index (χ0n) is 11.1. The van der Waals surface area contributed by atoms with Crippen LogP contribution < -0.4 is 5.73 Å². The first kappa shape index (κ1) is 12.6. The highest BCUT2D eigenvalue weighted by Gasteiger charge is 2.32. The van der Waals surface area contributed by atoms with E-state index in [-0.39, 0.29) is 11.9 Å². The van der Waals surface area contributed by atoms with Crippen LogP contribution in [0.5, 0.6) is 0 Å². The number of carbonyl (C=O) groups excluding carboxylic acids is 1. The van der Waals surface area contributed by atoms with Crippen molar-refractivity contribution in [3.8, 4) is 0 Å². The molecule has 1 aromatic rings. The third kappa shape index (κ3) is 2.63. The van der Waals surface area contributed by atoms with Crippen molar-refractivity contribution in [1.29, 1.82) is 0 Å². The minimum Gasteiger partial charge on any atom is -0.333 e. The van der Waals surface area contributed by atoms with Gasteiger partial charge in [0.05, 0.1) is 0 Å². The first-order valence-electron chi connectivity index (χ1n) is 7.23. The van der Waals surface area contributed by atoms with Crippen LogP contribution in [-0.4, -0.2) is 45.1 Å². The summed E-state index contributed by atoms with van der Waals surface area (Å²) in [6.45, 7) is 1.42. The summed E-state index contributed by atoms with van der Waals surface area (Å²) in [5.41, 5.74) is 5.64. The van der Waals surface area contributed by atoms with Crippen molar-refractivity contribution in [2.75, 3.05) is 13.1 Å². The third-order valence-electron chi connectivity index (χ3n) is 4.05. The van der Waals surface area contributed by atoms with Crippen molar-refractivity contribution in [2.24, 2.45) is 5.73 Å². The van der Waals surface area contributed by atoms with Crippen molar-refractivity contribution >= 4 is 5.91 Å². The predicted octanol–water partition coefficient (Wildman–Crippen LogP) is 1.03. The molecule has 1 saturated heterocycles. The average Bonchev–Trinajstić information content (AvgIpc) is 3.17. The van der Waals surface area contributed by atoms with Gasteiger partial charge in [0.15, 0.2) is 0 Å². The topological polar surface area (TPSA) is 87.9 Å². The first-order valence-corrected chi connectivity index (χ1v) is 7.23. The fraction of sp³-hybridized carbons (Fsp3) is 0.769. The number of aromatic nitrogens is 3. The molecule has 3 rings (SSSR count). The quantitative estimate of drug-likeness (QED) is 0.849. The highest BCUT2D eigenvalue weighted by atomic mass is 16.2. The van der Waals surface area contributed by atoms with E-state index in [2.05, 4.69) is 15.2 Å². The van der Waals surface area contributed by atoms with Crippen LogP contribution in [-0.2, 0) is 0 Å². The smallest absolute Gasteiger partial charge is 0.293 e. The molecule has 0 spiro atoms. The summed E-state index contributed by atoms with van der Waals surface area (Å²) >= 11 is 0. The van der Waals surface area contributed by atoms with Gasteiger partial charge in [0.1, 0.15) is 5.82 Å². The number of H-pyrrole nitrogens is 1. The molecular formula is C13H21N5O. The number of rotatable bonds is 4. The van der Waals surface area contributed by atoms with Gasteiger partial charge in [-0.1, -0.05) is 0 Å². The Hall–Kier alpha value is -1.43. The molecule has 1 atom stereocenters. The van der Waals surface area contributed by atoms with E-state index in [1.54, 1.807) is 0 Å². The van der Waals surface area contributed by atoms with Crippen LogP contribution in [0.4, 0.5) is 0 Å². The third-order valence-corrected chi connectivity index (χ3v) is 4.05. The Morgan fingerprint density at radius 3 is 2.95 bits per heavy atom. The Morgan fingerprint density at radius 2 is 2.21 bits per heavy atom. The van der Waals surface area contributed by atoms with Gasteiger partial charge in [-0.2, -0.15) is 0 Å². The normalized spacial score (nSPS) is 23.6. The zero-order valence-corrected chi connectivity index (χ0v) is 11.1. The lowest BCUT2D eigenvalue weighted by Gasteiger charge is -2.34. The summed E-state index contributed by atoms with van der Waals surface area (Å²) in [6, 6.07) is 0.258. The van der Waals surface area contributed by atoms with Gasteiger partial charge in [-0.3, -0.25) is 9.89 Å². The maximum Gasteiger partial charge on any atom is 0.293 e. The largest absolute Gasteiger partial charge is 0.333 e. The number of hydrogen-bond acceptors (Lipinski definition) is 4. The molecule has 1 aliphatic heterocycles. The lowest BCUT2D eigenvalue weighted by atomic mass is 9.99. The van der Waals surface area contributed by atoms with E-state index in [4.69, 9.17) is 5.73 Å². The second-order valence-electron chi connectivity index (χ2n) is 5.54. The molecule has 6 heteroatoms. The summed E-state index contributed by atoms with van der Waals surface area (Å²) in [5, 5.41) is 6.99. The van der Waals surface area contributed by atoms with Gasteiger partial charge in [0.25, 0.3) is 5.91 Å². The van der Waals surface area contributed by atoms with Gasteiger partial charge < -0.3 is 10.6 Å². The van der Waals surface area contributed by atoms with Gasteiger partial charge in [0.2, 0.25) is 5.82 Å². The van der Waals surface area contributed by atoms with Crippen molar-refractivity contribution < 1.29 is 4.79 Å². The standard InChI is InChI=1S/C13H21N5O/c14-7-6-10-3-1-2-8-18(10)13(19)12-15-11(16-17-12)9-4-5-9/h9-10H,1-8,14H2,(H,15,16,17). The van der Waals surface area contributed by atoms with E-state index < -0.39 is 0 Å². The van der Waals surface area contributed by atoms with Crippen LogP contribution in [0.25, 0.3) is 0 Å². The zero-order chi connectivity index (χ0) is 13.2. The Bertz CT molecular complexity index is 452. The number of piperidine rings is 1. The molecule has 1 saturated carbocycles. The maximum absolute atomic E-state index is 12.5. The molecule has 0 bridgehead atoms. The van der Waals surface area contributed by atoms with Gasteiger partial charge in [-0.25, -0.2) is 4.98 Å². The molecule has 1 aliphatic carbocycles. The number of nitrogens with two attached hydrogens (primary N) is 1. The van der Waals surface area contributed by atoms with E-state index in [0.29, 0.717) is 18.3 Å². The Labute approximate surface area is 112 Å². The van der Waals surface area contributed by atoms with Gasteiger partial charge in [-0.05, 0) is 45.1 Å². The summed E-state index contributed by atoms with van der Waals surface area (Å²) in [6.07, 6.45) is 6.46. The fourth-order valence-electron chi connectivity index (χ4n) is 2.80. The second kappa shape index (κ2) is 5.28. The summed E-state index contributed by atoms with van der Waals surface area (Å²) in [7, 11) is 0. The molecule has 0 aromatic carbocycles. The van der Waals surface area contributed by atoms with Crippen molar-refractivity contribution in [3.63, 3.8) is 0 Å². The number of hydrogen-bond donors (Lipinski definition) is 2. The minimum absolute atomic E-state index is 0.0405. The number of aromatic amines is 1. The Kier molecular flexibility index (Phi) is 3.50. The Balaban J connectivity index is 1.72. The first-order chi connectivity index (χ1) is 9.29. The number of amides is 1. The predicted molar refractivity (Wildman–Crippen MR) is 70.7 cm³/mol. The summed E-state index contributed by atoms with van der Waals surface area (Å²) in [4.78, 5) is 18.7. The second-order valence-corrected chi connectivity index (χ2v) is 5.54. The Morgan fingerprint density at radius 1 is 1.37 bits per heavy atom. The number of carbonyl (C=O) groups is 1. The molecule has 2 aliphatic rings. The molecule has 1 unspecified atom stereocenters. The van der Waals surface area contributed by atoms with Crippen molar-refractivity contribution in [2.45, 2.75) is 50.5 Å². The molecule has 0 radical (unpaired) electrons. The van der Waals surface area contributed by atoms with Gasteiger partial charge in [-0.15, -0.1) is 5.10 Å². The highest BCUT2D eigenvalue weighted by molar-refractivity contribution is 5.90.